The molecule has 290 valence electrons. The van der Waals surface area contributed by atoms with E-state index in [-0.39, 0.29) is 12.8 Å². The summed E-state index contributed by atoms with van der Waals surface area (Å²) in [4.78, 5) is 35.0. The minimum absolute atomic E-state index is 0.0534. The van der Waals surface area contributed by atoms with Crippen molar-refractivity contribution in [1.29, 1.82) is 0 Å². The molecule has 0 atom stereocenters. The van der Waals surface area contributed by atoms with Crippen LogP contribution >= 0.6 is 15.4 Å². The molecule has 0 radical (unpaired) electrons. The van der Waals surface area contributed by atoms with Crippen molar-refractivity contribution in [3.63, 3.8) is 0 Å². The number of hydrogen-bond donors (Lipinski definition) is 4. The van der Waals surface area contributed by atoms with Gasteiger partial charge in [-0.15, -0.1) is 0 Å². The number of phosphoric acid groups is 1. The van der Waals surface area contributed by atoms with Crippen molar-refractivity contribution in [3.05, 3.63) is 0 Å². The summed E-state index contributed by atoms with van der Waals surface area (Å²) < 4.78 is 25.9. The maximum Gasteiger partial charge on any atom is 0.469 e. The van der Waals surface area contributed by atoms with Crippen LogP contribution in [0.5, 0.6) is 0 Å². The fraction of sp³-hybridized carbons (Fsp3) is 1.00. The Hall–Kier alpha value is 0.260. The van der Waals surface area contributed by atoms with Gasteiger partial charge < -0.3 is 19.6 Å². The molecule has 0 aliphatic carbocycles. The molecular weight excluding hydrogens is 642 g/mol. The molecule has 0 spiro atoms. The van der Waals surface area contributed by atoms with Crippen LogP contribution in [0.4, 0.5) is 0 Å². The van der Waals surface area contributed by atoms with E-state index in [9.17, 15) is 9.13 Å². The summed E-state index contributed by atoms with van der Waals surface area (Å²) >= 11 is 0. The largest absolute Gasteiger partial charge is 0.469 e. The Labute approximate surface area is 298 Å². The van der Waals surface area contributed by atoms with Gasteiger partial charge in [0.1, 0.15) is 0 Å². The third-order valence-corrected chi connectivity index (χ3v) is 11.3. The van der Waals surface area contributed by atoms with Gasteiger partial charge in [0, 0.05) is 6.16 Å². The van der Waals surface area contributed by atoms with E-state index in [1.807, 2.05) is 0 Å². The normalized spacial score (nSPS) is 12.3. The molecule has 0 amide bonds. The van der Waals surface area contributed by atoms with Crippen LogP contribution in [0.1, 0.15) is 238 Å². The Morgan fingerprint density at radius 2 is 0.438 bits per heavy atom. The van der Waals surface area contributed by atoms with Crippen LogP contribution in [-0.4, -0.2) is 32.3 Å². The van der Waals surface area contributed by atoms with Crippen molar-refractivity contribution in [3.8, 4) is 0 Å². The molecule has 0 aromatic rings. The first-order valence-electron chi connectivity index (χ1n) is 21.0. The molecule has 0 aliphatic rings. The highest BCUT2D eigenvalue weighted by atomic mass is 31.2. The Morgan fingerprint density at radius 3 is 0.604 bits per heavy atom. The summed E-state index contributed by atoms with van der Waals surface area (Å²) in [6.07, 6.45) is 48.6. The molecule has 4 N–H and O–H groups in total. The number of hydrogen-bond acceptors (Lipinski definition) is 3. The maximum atomic E-state index is 10.8. The van der Waals surface area contributed by atoms with Crippen molar-refractivity contribution in [2.75, 3.05) is 12.8 Å². The van der Waals surface area contributed by atoms with E-state index in [1.54, 1.807) is 0 Å². The number of rotatable bonds is 41. The van der Waals surface area contributed by atoms with Crippen molar-refractivity contribution >= 4 is 15.4 Å². The lowest BCUT2D eigenvalue weighted by Crippen LogP contribution is -1.92. The molecule has 48 heavy (non-hydrogen) atoms. The lowest BCUT2D eigenvalue weighted by Gasteiger charge is -2.05. The lowest BCUT2D eigenvalue weighted by atomic mass is 10.0. The molecule has 0 saturated carbocycles. The van der Waals surface area contributed by atoms with Gasteiger partial charge in [-0.25, -0.2) is 4.57 Å². The fourth-order valence-electron chi connectivity index (χ4n) is 6.79. The first kappa shape index (κ1) is 48.3. The summed E-state index contributed by atoms with van der Waals surface area (Å²) in [5.41, 5.74) is 0. The zero-order chi connectivity index (χ0) is 35.3. The smallest absolute Gasteiger partial charge is 0.324 e. The molecule has 0 rings (SSSR count). The second-order valence-electron chi connectivity index (χ2n) is 14.8. The van der Waals surface area contributed by atoms with Crippen LogP contribution < -0.4 is 0 Å². The van der Waals surface area contributed by atoms with E-state index in [1.165, 1.54) is 199 Å². The Balaban J connectivity index is 3.08. The molecule has 0 aromatic carbocycles. The lowest BCUT2D eigenvalue weighted by molar-refractivity contribution is 0.193. The van der Waals surface area contributed by atoms with E-state index in [0.29, 0.717) is 6.42 Å². The highest BCUT2D eigenvalue weighted by Gasteiger charge is 2.12. The number of phosphoric ester groups is 1. The van der Waals surface area contributed by atoms with E-state index >= 15 is 0 Å². The van der Waals surface area contributed by atoms with Crippen LogP contribution in [0.25, 0.3) is 0 Å². The minimum atomic E-state index is -4.28. The zero-order valence-electron chi connectivity index (χ0n) is 31.5. The van der Waals surface area contributed by atoms with Gasteiger partial charge in [0.25, 0.3) is 0 Å². The van der Waals surface area contributed by atoms with Crippen LogP contribution in [0.2, 0.25) is 0 Å². The Morgan fingerprint density at radius 1 is 0.271 bits per heavy atom. The SMILES string of the molecule is O=P(O)(O)CCCCCCCCCCCCCCCCCCCCCCCCCCCCCCCCCCCCCCCOP(=O)(O)O. The van der Waals surface area contributed by atoms with E-state index in [4.69, 9.17) is 19.6 Å². The highest BCUT2D eigenvalue weighted by molar-refractivity contribution is 7.51. The molecule has 0 unspecified atom stereocenters. The molecule has 0 bridgehead atoms. The van der Waals surface area contributed by atoms with Gasteiger partial charge in [-0.05, 0) is 12.8 Å². The van der Waals surface area contributed by atoms with Crippen molar-refractivity contribution < 1.29 is 33.2 Å². The molecule has 9 heteroatoms. The van der Waals surface area contributed by atoms with Crippen LogP contribution in [0, 0.1) is 0 Å². The van der Waals surface area contributed by atoms with E-state index in [0.717, 1.165) is 32.1 Å². The Kier molecular flexibility index (Phi) is 37.2. The van der Waals surface area contributed by atoms with Gasteiger partial charge in [-0.1, -0.05) is 225 Å². The van der Waals surface area contributed by atoms with Gasteiger partial charge in [0.15, 0.2) is 0 Å². The standard InChI is InChI=1S/C39H82O7P2/c40-47(41,42)39-37-35-33-31-29-27-25-23-21-19-17-15-13-11-9-7-5-3-1-2-4-6-8-10-12-14-16-18-20-22-24-26-28-30-32-34-36-38-46-48(43,44)45/h1-39H2,(H2,40,41,42)(H2,43,44,45). The third-order valence-electron chi connectivity index (χ3n) is 9.85. The quantitative estimate of drug-likeness (QED) is 0.0365. The second-order valence-corrected chi connectivity index (χ2v) is 17.8. The van der Waals surface area contributed by atoms with Gasteiger partial charge in [-0.2, -0.15) is 0 Å². The van der Waals surface area contributed by atoms with E-state index in [2.05, 4.69) is 4.52 Å². The predicted molar refractivity (Wildman–Crippen MR) is 206 cm³/mol. The fourth-order valence-corrected chi connectivity index (χ4v) is 7.79. The summed E-state index contributed by atoms with van der Waals surface area (Å²) in [5, 5.41) is 0. The molecule has 7 nitrogen and oxygen atoms in total. The average molecular weight is 725 g/mol. The first-order valence-corrected chi connectivity index (χ1v) is 24.3. The van der Waals surface area contributed by atoms with Gasteiger partial charge >= 0.3 is 15.4 Å². The highest BCUT2D eigenvalue weighted by Crippen LogP contribution is 2.36. The molecule has 0 aromatic heterocycles. The molecule has 0 fully saturated rings. The van der Waals surface area contributed by atoms with Crippen molar-refractivity contribution in [1.82, 2.24) is 0 Å². The molecule has 0 aliphatic heterocycles. The molecule has 0 saturated heterocycles. The second kappa shape index (κ2) is 37.0. The molecular formula is C39H82O7P2. The zero-order valence-corrected chi connectivity index (χ0v) is 33.3. The van der Waals surface area contributed by atoms with Crippen molar-refractivity contribution in [2.45, 2.75) is 238 Å². The summed E-state index contributed by atoms with van der Waals surface area (Å²) in [6, 6.07) is 0. The molecule has 0 heterocycles. The van der Waals surface area contributed by atoms with Gasteiger partial charge in [0.2, 0.25) is 0 Å². The van der Waals surface area contributed by atoms with Crippen LogP contribution in [0.15, 0.2) is 0 Å². The minimum Gasteiger partial charge on any atom is -0.324 e. The monoisotopic (exact) mass is 725 g/mol. The van der Waals surface area contributed by atoms with E-state index < -0.39 is 15.4 Å². The van der Waals surface area contributed by atoms with Crippen LogP contribution in [0.3, 0.4) is 0 Å². The number of unbranched alkanes of at least 4 members (excludes halogenated alkanes) is 36. The summed E-state index contributed by atoms with van der Waals surface area (Å²) in [6.45, 7) is 0.163. The topological polar surface area (TPSA) is 124 Å². The van der Waals surface area contributed by atoms with Crippen molar-refractivity contribution in [2.24, 2.45) is 0 Å². The third kappa shape index (κ3) is 46.3. The van der Waals surface area contributed by atoms with Crippen LogP contribution in [-0.2, 0) is 13.7 Å². The van der Waals surface area contributed by atoms with Gasteiger partial charge in [0.05, 0.1) is 6.61 Å². The Bertz CT molecular complexity index is 665. The predicted octanol–water partition coefficient (Wildman–Crippen LogP) is 13.7. The summed E-state index contributed by atoms with van der Waals surface area (Å²) in [5.74, 6) is 0. The maximum absolute atomic E-state index is 10.8. The average Bonchev–Trinajstić information content (AvgIpc) is 3.02. The summed E-state index contributed by atoms with van der Waals surface area (Å²) in [7, 11) is -8.06. The van der Waals surface area contributed by atoms with Gasteiger partial charge in [-0.3, -0.25) is 9.09 Å². The first-order chi connectivity index (χ1) is 23.2.